The number of halogens is 6. The summed E-state index contributed by atoms with van der Waals surface area (Å²) in [4.78, 5) is 41.6. The van der Waals surface area contributed by atoms with Gasteiger partial charge < -0.3 is 19.5 Å². The molecule has 0 saturated carbocycles. The SMILES string of the molecule is C=CCCCCc1cc(F)cc(F)c1-c1cc([C@H](CC(=O)OCC)NC(=O)[C@H](CC=C)n2cc(CCN(C)C)c(C(F)(F)F)cc2=O)c(F)cc1C. The van der Waals surface area contributed by atoms with Crippen molar-refractivity contribution in [1.29, 1.82) is 0 Å². The number of hydrogen-bond acceptors (Lipinski definition) is 5. The molecule has 0 fully saturated rings. The van der Waals surface area contributed by atoms with E-state index in [0.717, 1.165) is 22.9 Å². The van der Waals surface area contributed by atoms with Crippen molar-refractivity contribution in [2.75, 3.05) is 27.2 Å². The van der Waals surface area contributed by atoms with Gasteiger partial charge in [0, 0.05) is 36.0 Å². The van der Waals surface area contributed by atoms with E-state index in [-0.39, 0.29) is 48.2 Å². The fourth-order valence-electron chi connectivity index (χ4n) is 6.00. The van der Waals surface area contributed by atoms with Crippen molar-refractivity contribution >= 4 is 11.9 Å². The van der Waals surface area contributed by atoms with Crippen LogP contribution in [-0.2, 0) is 33.3 Å². The predicted molar refractivity (Wildman–Crippen MR) is 188 cm³/mol. The number of unbranched alkanes of at least 4 members (excludes halogenated alkanes) is 2. The molecule has 52 heavy (non-hydrogen) atoms. The Morgan fingerprint density at radius 1 is 0.981 bits per heavy atom. The molecule has 0 saturated heterocycles. The molecule has 3 rings (SSSR count). The average molecular weight is 734 g/mol. The number of nitrogens with one attached hydrogen (secondary N) is 1. The summed E-state index contributed by atoms with van der Waals surface area (Å²) in [5.74, 6) is -4.27. The smallest absolute Gasteiger partial charge is 0.416 e. The van der Waals surface area contributed by atoms with Gasteiger partial charge in [0.15, 0.2) is 0 Å². The lowest BCUT2D eigenvalue weighted by atomic mass is 9.89. The number of benzene rings is 2. The minimum atomic E-state index is -4.84. The number of likely N-dealkylation sites (N-methyl/N-ethyl adjacent to an activating group) is 1. The summed E-state index contributed by atoms with van der Waals surface area (Å²) in [6.45, 7) is 10.6. The number of hydrogen-bond donors (Lipinski definition) is 1. The Kier molecular flexibility index (Phi) is 15.0. The Morgan fingerprint density at radius 2 is 1.69 bits per heavy atom. The van der Waals surface area contributed by atoms with Crippen LogP contribution in [0.15, 0.2) is 66.6 Å². The van der Waals surface area contributed by atoms with Crippen molar-refractivity contribution in [2.45, 2.75) is 77.1 Å². The van der Waals surface area contributed by atoms with E-state index in [1.54, 1.807) is 32.0 Å². The fourth-order valence-corrected chi connectivity index (χ4v) is 6.00. The molecule has 7 nitrogen and oxygen atoms in total. The number of ether oxygens (including phenoxy) is 1. The molecular formula is C39H45F6N3O4. The first-order chi connectivity index (χ1) is 24.5. The van der Waals surface area contributed by atoms with Crippen molar-refractivity contribution in [2.24, 2.45) is 0 Å². The van der Waals surface area contributed by atoms with E-state index < -0.39 is 65.1 Å². The third kappa shape index (κ3) is 10.9. The van der Waals surface area contributed by atoms with E-state index in [2.05, 4.69) is 18.5 Å². The van der Waals surface area contributed by atoms with Crippen molar-refractivity contribution in [1.82, 2.24) is 14.8 Å². The van der Waals surface area contributed by atoms with Crippen LogP contribution in [0.1, 0.15) is 78.9 Å². The second-order valence-electron chi connectivity index (χ2n) is 12.8. The lowest BCUT2D eigenvalue weighted by molar-refractivity contribution is -0.144. The first-order valence-corrected chi connectivity index (χ1v) is 16.9. The monoisotopic (exact) mass is 733 g/mol. The fraction of sp³-hybridized carbons (Fsp3) is 0.410. The Bertz CT molecular complexity index is 1820. The standard InChI is InChI=1S/C39H45F6N3O4/c1-7-10-11-12-14-25-18-27(40)19-32(42)37(25)28-20-29(31(41)17-24(28)4)33(22-36(50)52-9-3)46-38(51)34(13-8-2)48-23-26(15-16-47(5)6)30(21-35(48)49)39(43,44)45/h7-8,17-21,23,33-34H,1-2,9-16,22H2,3-6H3,(H,46,51)/t33-,34-/m0/s1. The third-order valence-electron chi connectivity index (χ3n) is 8.55. The van der Waals surface area contributed by atoms with Crippen molar-refractivity contribution in [3.8, 4) is 11.1 Å². The van der Waals surface area contributed by atoms with Crippen LogP contribution in [-0.4, -0.2) is 48.6 Å². The summed E-state index contributed by atoms with van der Waals surface area (Å²) < 4.78 is 93.6. The summed E-state index contributed by atoms with van der Waals surface area (Å²) in [6.07, 6.45) is 0.589. The zero-order chi connectivity index (χ0) is 38.7. The van der Waals surface area contributed by atoms with Gasteiger partial charge in [-0.25, -0.2) is 13.2 Å². The molecule has 0 bridgehead atoms. The zero-order valence-corrected chi connectivity index (χ0v) is 29.8. The van der Waals surface area contributed by atoms with Crippen LogP contribution in [0.3, 0.4) is 0 Å². The molecule has 1 N–H and O–H groups in total. The number of allylic oxidation sites excluding steroid dienone is 2. The minimum Gasteiger partial charge on any atom is -0.466 e. The van der Waals surface area contributed by atoms with Crippen LogP contribution in [0.25, 0.3) is 11.1 Å². The molecule has 282 valence electrons. The number of alkyl halides is 3. The average Bonchev–Trinajstić information content (AvgIpc) is 3.04. The number of rotatable bonds is 18. The summed E-state index contributed by atoms with van der Waals surface area (Å²) in [7, 11) is 3.35. The van der Waals surface area contributed by atoms with Crippen molar-refractivity contribution in [3.63, 3.8) is 0 Å². The highest BCUT2D eigenvalue weighted by Gasteiger charge is 2.36. The second-order valence-corrected chi connectivity index (χ2v) is 12.8. The number of amides is 1. The van der Waals surface area contributed by atoms with Gasteiger partial charge in [-0.3, -0.25) is 14.4 Å². The molecule has 2 atom stereocenters. The molecule has 0 spiro atoms. The molecule has 0 unspecified atom stereocenters. The molecule has 1 heterocycles. The van der Waals surface area contributed by atoms with Crippen molar-refractivity contribution in [3.05, 3.63) is 117 Å². The minimum absolute atomic E-state index is 0.0334. The second kappa shape index (κ2) is 18.7. The van der Waals surface area contributed by atoms with E-state index in [4.69, 9.17) is 4.74 Å². The third-order valence-corrected chi connectivity index (χ3v) is 8.55. The maximum absolute atomic E-state index is 15.9. The van der Waals surface area contributed by atoms with Gasteiger partial charge >= 0.3 is 12.1 Å². The number of carbonyl (C=O) groups is 2. The molecule has 0 aliphatic carbocycles. The van der Waals surface area contributed by atoms with E-state index >= 15 is 8.78 Å². The van der Waals surface area contributed by atoms with Crippen LogP contribution in [0.2, 0.25) is 0 Å². The Hall–Kier alpha value is -4.65. The van der Waals surface area contributed by atoms with E-state index in [1.807, 2.05) is 0 Å². The summed E-state index contributed by atoms with van der Waals surface area (Å²) in [6, 6.07) is 1.87. The van der Waals surface area contributed by atoms with Gasteiger partial charge in [0.05, 0.1) is 24.6 Å². The largest absolute Gasteiger partial charge is 0.466 e. The molecule has 1 amide bonds. The quantitative estimate of drug-likeness (QED) is 0.0618. The Balaban J connectivity index is 2.16. The lowest BCUT2D eigenvalue weighted by Gasteiger charge is -2.26. The molecule has 2 aromatic carbocycles. The topological polar surface area (TPSA) is 80.6 Å². The van der Waals surface area contributed by atoms with Gasteiger partial charge in [-0.2, -0.15) is 13.2 Å². The Labute approximate surface area is 300 Å². The molecule has 13 heteroatoms. The van der Waals surface area contributed by atoms with Crippen molar-refractivity contribution < 1.29 is 40.7 Å². The number of carbonyl (C=O) groups excluding carboxylic acids is 2. The van der Waals surface area contributed by atoms with E-state index in [0.29, 0.717) is 42.9 Å². The molecular weight excluding hydrogens is 688 g/mol. The van der Waals surface area contributed by atoms with Gasteiger partial charge in [0.2, 0.25) is 5.91 Å². The van der Waals surface area contributed by atoms with Gasteiger partial charge in [-0.1, -0.05) is 12.2 Å². The maximum atomic E-state index is 15.9. The maximum Gasteiger partial charge on any atom is 0.416 e. The lowest BCUT2D eigenvalue weighted by Crippen LogP contribution is -2.40. The number of aryl methyl sites for hydroxylation is 2. The zero-order valence-electron chi connectivity index (χ0n) is 29.8. The highest BCUT2D eigenvalue weighted by molar-refractivity contribution is 5.82. The molecule has 0 aliphatic rings. The van der Waals surface area contributed by atoms with Crippen LogP contribution in [0.5, 0.6) is 0 Å². The summed E-state index contributed by atoms with van der Waals surface area (Å²) in [5.41, 5.74) is -1.82. The predicted octanol–water partition coefficient (Wildman–Crippen LogP) is 8.19. The van der Waals surface area contributed by atoms with E-state index in [1.165, 1.54) is 25.1 Å². The number of esters is 1. The van der Waals surface area contributed by atoms with Gasteiger partial charge in [-0.05, 0) is 107 Å². The number of aromatic nitrogens is 1. The molecule has 0 radical (unpaired) electrons. The first kappa shape index (κ1) is 41.8. The molecule has 1 aromatic heterocycles. The number of pyridine rings is 1. The highest BCUT2D eigenvalue weighted by Crippen LogP contribution is 2.36. The summed E-state index contributed by atoms with van der Waals surface area (Å²) in [5, 5.41) is 2.59. The Morgan fingerprint density at radius 3 is 2.31 bits per heavy atom. The summed E-state index contributed by atoms with van der Waals surface area (Å²) >= 11 is 0. The highest BCUT2D eigenvalue weighted by atomic mass is 19.4. The molecule has 3 aromatic rings. The normalized spacial score (nSPS) is 12.8. The van der Waals surface area contributed by atoms with Gasteiger partial charge in [-0.15, -0.1) is 13.2 Å². The number of nitrogens with zero attached hydrogens (tertiary/aromatic N) is 2. The first-order valence-electron chi connectivity index (χ1n) is 16.9. The van der Waals surface area contributed by atoms with Crippen LogP contribution >= 0.6 is 0 Å². The van der Waals surface area contributed by atoms with E-state index in [9.17, 15) is 31.9 Å². The van der Waals surface area contributed by atoms with Gasteiger partial charge in [0.25, 0.3) is 5.56 Å². The molecule has 0 aliphatic heterocycles. The van der Waals surface area contributed by atoms with Crippen LogP contribution < -0.4 is 10.9 Å². The van der Waals surface area contributed by atoms with Gasteiger partial charge in [0.1, 0.15) is 23.5 Å². The van der Waals surface area contributed by atoms with Crippen LogP contribution in [0, 0.1) is 24.4 Å². The van der Waals surface area contributed by atoms with Crippen LogP contribution in [0.4, 0.5) is 26.3 Å².